The third-order valence-electron chi connectivity index (χ3n) is 5.40. The van der Waals surface area contributed by atoms with Crippen molar-refractivity contribution < 1.29 is 44.4 Å². The van der Waals surface area contributed by atoms with Crippen LogP contribution in [0.2, 0.25) is 0 Å². The quantitative estimate of drug-likeness (QED) is 0.114. The van der Waals surface area contributed by atoms with Crippen LogP contribution in [-0.2, 0) is 24.0 Å². The van der Waals surface area contributed by atoms with E-state index in [0.29, 0.717) is 11.3 Å². The molecule has 194 valence electrons. The molecule has 2 aliphatic rings. The number of thioether (sulfide) groups is 1. The number of hydrogen-bond donors (Lipinski definition) is 6. The first-order chi connectivity index (χ1) is 17.5. The summed E-state index contributed by atoms with van der Waals surface area (Å²) in [5.74, 6) is -5.08. The second kappa shape index (κ2) is 9.98. The van der Waals surface area contributed by atoms with E-state index in [2.05, 4.69) is 15.5 Å². The molecule has 1 saturated heterocycles. The number of carbonyl (C=O) groups excluding carboxylic acids is 2. The number of oxime groups is 1. The van der Waals surface area contributed by atoms with Crippen molar-refractivity contribution in [3.63, 3.8) is 0 Å². The Morgan fingerprint density at radius 2 is 2.00 bits per heavy atom. The Kier molecular flexibility index (Phi) is 6.95. The molecule has 0 saturated carbocycles. The molecular formula is C21H19N5O9S2. The number of carbonyl (C=O) groups is 4. The molecule has 3 heterocycles. The van der Waals surface area contributed by atoms with Crippen molar-refractivity contribution in [2.75, 3.05) is 11.5 Å². The lowest BCUT2D eigenvalue weighted by atomic mass is 10.0. The van der Waals surface area contributed by atoms with Crippen molar-refractivity contribution >= 4 is 57.7 Å². The van der Waals surface area contributed by atoms with Gasteiger partial charge in [-0.2, -0.15) is 0 Å². The van der Waals surface area contributed by atoms with Crippen molar-refractivity contribution in [3.05, 3.63) is 46.1 Å². The summed E-state index contributed by atoms with van der Waals surface area (Å²) in [7, 11) is 0. The molecular weight excluding hydrogens is 530 g/mol. The highest BCUT2D eigenvalue weighted by atomic mass is 32.2. The SMILES string of the molecule is CC1=C(C(=O)O)N2C(=O)[C@@H](NC(=O)C(=NO[C@H](C(=O)O)c3ccc(O)c(O)c3)c3csc(N)n3)[C@H]2SC1. The van der Waals surface area contributed by atoms with Crippen LogP contribution in [0, 0.1) is 0 Å². The fourth-order valence-corrected chi connectivity index (χ4v) is 5.48. The van der Waals surface area contributed by atoms with E-state index in [1.807, 2.05) is 0 Å². The van der Waals surface area contributed by atoms with Crippen LogP contribution in [0.25, 0.3) is 0 Å². The molecule has 0 bridgehead atoms. The molecule has 7 N–H and O–H groups in total. The van der Waals surface area contributed by atoms with Crippen molar-refractivity contribution in [1.29, 1.82) is 0 Å². The molecule has 1 aromatic carbocycles. The Hall–Kier alpha value is -4.31. The molecule has 0 aliphatic carbocycles. The maximum absolute atomic E-state index is 13.1. The predicted molar refractivity (Wildman–Crippen MR) is 130 cm³/mol. The lowest BCUT2D eigenvalue weighted by Gasteiger charge is -2.49. The maximum Gasteiger partial charge on any atom is 0.352 e. The Morgan fingerprint density at radius 3 is 2.59 bits per heavy atom. The summed E-state index contributed by atoms with van der Waals surface area (Å²) in [6.45, 7) is 1.60. The first-order valence-corrected chi connectivity index (χ1v) is 12.3. The summed E-state index contributed by atoms with van der Waals surface area (Å²) in [5.41, 5.74) is 5.41. The van der Waals surface area contributed by atoms with Crippen LogP contribution in [0.3, 0.4) is 0 Å². The van der Waals surface area contributed by atoms with Crippen molar-refractivity contribution in [2.45, 2.75) is 24.4 Å². The largest absolute Gasteiger partial charge is 0.504 e. The third-order valence-corrected chi connectivity index (χ3v) is 7.50. The molecule has 37 heavy (non-hydrogen) atoms. The van der Waals surface area contributed by atoms with E-state index in [9.17, 15) is 39.6 Å². The fourth-order valence-electron chi connectivity index (χ4n) is 3.64. The first-order valence-electron chi connectivity index (χ1n) is 10.4. The number of nitrogens with one attached hydrogen (secondary N) is 1. The van der Waals surface area contributed by atoms with Gasteiger partial charge in [-0.15, -0.1) is 23.1 Å². The van der Waals surface area contributed by atoms with Gasteiger partial charge in [0.1, 0.15) is 22.8 Å². The Labute approximate surface area is 216 Å². The Morgan fingerprint density at radius 1 is 1.27 bits per heavy atom. The van der Waals surface area contributed by atoms with Crippen LogP contribution in [0.5, 0.6) is 11.5 Å². The minimum atomic E-state index is -1.79. The van der Waals surface area contributed by atoms with Gasteiger partial charge in [-0.25, -0.2) is 14.6 Å². The number of anilines is 1. The van der Waals surface area contributed by atoms with E-state index >= 15 is 0 Å². The van der Waals surface area contributed by atoms with Crippen molar-refractivity contribution in [1.82, 2.24) is 15.2 Å². The Balaban J connectivity index is 1.59. The number of fused-ring (bicyclic) bond motifs is 1. The number of thiazole rings is 1. The zero-order valence-corrected chi connectivity index (χ0v) is 20.4. The van der Waals surface area contributed by atoms with Crippen LogP contribution in [0.1, 0.15) is 24.3 Å². The summed E-state index contributed by atoms with van der Waals surface area (Å²) in [5, 5.41) is 45.2. The van der Waals surface area contributed by atoms with Crippen LogP contribution < -0.4 is 11.1 Å². The number of aromatic hydroxyl groups is 2. The number of aliphatic carboxylic acids is 2. The number of amides is 2. The van der Waals surface area contributed by atoms with E-state index in [1.165, 1.54) is 23.2 Å². The van der Waals surface area contributed by atoms with E-state index in [1.54, 1.807) is 6.92 Å². The average Bonchev–Trinajstić information content (AvgIpc) is 3.27. The van der Waals surface area contributed by atoms with Crippen LogP contribution >= 0.6 is 23.1 Å². The number of phenols is 2. The van der Waals surface area contributed by atoms with Gasteiger partial charge in [0.2, 0.25) is 6.10 Å². The molecule has 0 spiro atoms. The number of benzene rings is 1. The number of carboxylic acids is 2. The molecule has 2 amide bonds. The lowest BCUT2D eigenvalue weighted by molar-refractivity contribution is -0.151. The fraction of sp³-hybridized carbons (Fsp3) is 0.238. The monoisotopic (exact) mass is 549 g/mol. The summed E-state index contributed by atoms with van der Waals surface area (Å²) in [4.78, 5) is 59.5. The van der Waals surface area contributed by atoms with Gasteiger partial charge < -0.3 is 36.3 Å². The molecule has 2 aromatic rings. The molecule has 14 nitrogen and oxygen atoms in total. The normalized spacial score (nSPS) is 20.1. The highest BCUT2D eigenvalue weighted by Crippen LogP contribution is 2.40. The maximum atomic E-state index is 13.1. The molecule has 2 aliphatic heterocycles. The van der Waals surface area contributed by atoms with Gasteiger partial charge in [0.25, 0.3) is 11.8 Å². The number of nitrogens with zero attached hydrogens (tertiary/aromatic N) is 3. The highest BCUT2D eigenvalue weighted by Gasteiger charge is 2.54. The summed E-state index contributed by atoms with van der Waals surface area (Å²) in [6.07, 6.45) is -1.79. The zero-order valence-electron chi connectivity index (χ0n) is 18.8. The van der Waals surface area contributed by atoms with Gasteiger partial charge in [0.05, 0.1) is 0 Å². The van der Waals surface area contributed by atoms with E-state index in [0.717, 1.165) is 28.4 Å². The second-order valence-corrected chi connectivity index (χ2v) is 9.87. The molecule has 4 rings (SSSR count). The van der Waals surface area contributed by atoms with Crippen molar-refractivity contribution in [2.24, 2.45) is 5.16 Å². The summed E-state index contributed by atoms with van der Waals surface area (Å²) < 4.78 is 0. The molecule has 0 unspecified atom stereocenters. The molecule has 1 fully saturated rings. The minimum absolute atomic E-state index is 0.0559. The number of rotatable bonds is 8. The van der Waals surface area contributed by atoms with Gasteiger partial charge in [-0.3, -0.25) is 14.5 Å². The average molecular weight is 550 g/mol. The molecule has 1 aromatic heterocycles. The number of carboxylic acid groups (broad SMARTS) is 2. The Bertz CT molecular complexity index is 1370. The van der Waals surface area contributed by atoms with Gasteiger partial charge in [0, 0.05) is 16.7 Å². The number of phenolic OH excluding ortho intramolecular Hbond substituents is 2. The van der Waals surface area contributed by atoms with Crippen LogP contribution in [-0.4, -0.2) is 76.9 Å². The van der Waals surface area contributed by atoms with Gasteiger partial charge >= 0.3 is 11.9 Å². The number of β-lactam (4-membered cyclic amide) rings is 1. The summed E-state index contributed by atoms with van der Waals surface area (Å²) >= 11 is 2.25. The molecule has 3 atom stereocenters. The van der Waals surface area contributed by atoms with Gasteiger partial charge in [-0.1, -0.05) is 11.2 Å². The second-order valence-electron chi connectivity index (χ2n) is 7.88. The smallest absolute Gasteiger partial charge is 0.352 e. The van der Waals surface area contributed by atoms with E-state index in [4.69, 9.17) is 10.6 Å². The summed E-state index contributed by atoms with van der Waals surface area (Å²) in [6, 6.07) is 2.12. The topological polar surface area (TPSA) is 225 Å². The first kappa shape index (κ1) is 25.8. The van der Waals surface area contributed by atoms with Crippen LogP contribution in [0.15, 0.2) is 40.0 Å². The highest BCUT2D eigenvalue weighted by molar-refractivity contribution is 8.00. The number of aromatic nitrogens is 1. The predicted octanol–water partition coefficient (Wildman–Crippen LogP) is 0.442. The van der Waals surface area contributed by atoms with Gasteiger partial charge in [-0.05, 0) is 24.6 Å². The number of nitrogens with two attached hydrogens (primary N) is 1. The lowest BCUT2D eigenvalue weighted by Crippen LogP contribution is -2.71. The van der Waals surface area contributed by atoms with E-state index in [-0.39, 0.29) is 22.1 Å². The molecule has 16 heteroatoms. The standard InChI is InChI=1S/C21H19N5O9S2/c1-7-5-36-18-13(17(30)26(18)14(7)19(31)32)24-16(29)12(9-6-37-21(22)23-9)25-35-15(20(33)34)8-2-3-10(27)11(28)4-8/h2-4,6,13,15,18,27-28H,5H2,1H3,(H2,22,23)(H,24,29)(H,31,32)(H,33,34)/t13-,15+,18-/m1/s1. The third kappa shape index (κ3) is 4.88. The zero-order chi connectivity index (χ0) is 27.0. The number of nitrogen functional groups attached to an aromatic ring is 1. The number of hydrogen-bond acceptors (Lipinski definition) is 12. The molecule has 0 radical (unpaired) electrons. The van der Waals surface area contributed by atoms with Gasteiger partial charge in [0.15, 0.2) is 22.3 Å². The van der Waals surface area contributed by atoms with Crippen molar-refractivity contribution in [3.8, 4) is 11.5 Å². The van der Waals surface area contributed by atoms with E-state index < -0.39 is 58.5 Å². The minimum Gasteiger partial charge on any atom is -0.504 e. The van der Waals surface area contributed by atoms with Crippen LogP contribution in [0.4, 0.5) is 5.13 Å².